The normalized spacial score (nSPS) is 10.9. The second-order valence-corrected chi connectivity index (χ2v) is 1.73. The van der Waals surface area contributed by atoms with E-state index < -0.39 is 11.9 Å². The zero-order chi connectivity index (χ0) is 8.85. The molecule has 5 nitrogen and oxygen atoms in total. The molecule has 0 aromatic carbocycles. The van der Waals surface area contributed by atoms with Crippen LogP contribution in [0.3, 0.4) is 0 Å². The maximum atomic E-state index is 10.5. The molecule has 0 aliphatic carbocycles. The Morgan fingerprint density at radius 1 is 1.55 bits per heavy atom. The fourth-order valence-corrected chi connectivity index (χ4v) is 0.459. The highest BCUT2D eigenvalue weighted by Crippen LogP contribution is 1.89. The van der Waals surface area contributed by atoms with Crippen LogP contribution in [0, 0.1) is 0 Å². The average molecular weight is 159 g/mol. The molecule has 0 radical (unpaired) electrons. The summed E-state index contributed by atoms with van der Waals surface area (Å²) in [6.07, 6.45) is -0.289. The van der Waals surface area contributed by atoms with Gasteiger partial charge in [-0.05, 0) is 0 Å². The van der Waals surface area contributed by atoms with Gasteiger partial charge in [0.2, 0.25) is 0 Å². The maximum absolute atomic E-state index is 10.5. The predicted molar refractivity (Wildman–Crippen MR) is 37.6 cm³/mol. The van der Waals surface area contributed by atoms with E-state index in [1.807, 2.05) is 0 Å². The van der Waals surface area contributed by atoms with Gasteiger partial charge in [0.25, 0.3) is 0 Å². The molecule has 0 spiro atoms. The highest BCUT2D eigenvalue weighted by Gasteiger charge is 2.13. The maximum Gasteiger partial charge on any atom is 0.350 e. The number of aliphatic carboxylic acids is 1. The third kappa shape index (κ3) is 3.34. The molecule has 62 valence electrons. The summed E-state index contributed by atoms with van der Waals surface area (Å²) < 4.78 is 4.25. The first-order chi connectivity index (χ1) is 5.11. The SMILES string of the molecule is CN=C(CC(=O)OC)C(=O)O. The second-order valence-electron chi connectivity index (χ2n) is 1.73. The highest BCUT2D eigenvalue weighted by atomic mass is 16.5. The zero-order valence-corrected chi connectivity index (χ0v) is 6.33. The van der Waals surface area contributed by atoms with Gasteiger partial charge in [0.05, 0.1) is 13.5 Å². The molecular weight excluding hydrogens is 150 g/mol. The van der Waals surface area contributed by atoms with Crippen molar-refractivity contribution in [3.05, 3.63) is 0 Å². The molecule has 0 saturated carbocycles. The van der Waals surface area contributed by atoms with Gasteiger partial charge in [-0.25, -0.2) is 4.79 Å². The smallest absolute Gasteiger partial charge is 0.350 e. The van der Waals surface area contributed by atoms with Gasteiger partial charge in [-0.2, -0.15) is 0 Å². The molecule has 5 heteroatoms. The van der Waals surface area contributed by atoms with Gasteiger partial charge in [-0.1, -0.05) is 0 Å². The van der Waals surface area contributed by atoms with Gasteiger partial charge in [0.1, 0.15) is 5.71 Å². The van der Waals surface area contributed by atoms with Crippen molar-refractivity contribution in [3.63, 3.8) is 0 Å². The van der Waals surface area contributed by atoms with E-state index in [0.29, 0.717) is 0 Å². The van der Waals surface area contributed by atoms with Crippen LogP contribution >= 0.6 is 0 Å². The molecule has 0 bridgehead atoms. The monoisotopic (exact) mass is 159 g/mol. The van der Waals surface area contributed by atoms with Crippen LogP contribution in [0.15, 0.2) is 4.99 Å². The van der Waals surface area contributed by atoms with Crippen LogP contribution in [-0.2, 0) is 14.3 Å². The van der Waals surface area contributed by atoms with E-state index in [1.54, 1.807) is 0 Å². The van der Waals surface area contributed by atoms with Gasteiger partial charge < -0.3 is 9.84 Å². The predicted octanol–water partition coefficient (Wildman–Crippen LogP) is -0.295. The fourth-order valence-electron chi connectivity index (χ4n) is 0.459. The lowest BCUT2D eigenvalue weighted by molar-refractivity contribution is -0.140. The Hall–Kier alpha value is -1.39. The summed E-state index contributed by atoms with van der Waals surface area (Å²) in [4.78, 5) is 24.2. The Bertz CT molecular complexity index is 197. The van der Waals surface area contributed by atoms with Crippen LogP contribution in [-0.4, -0.2) is 36.9 Å². The van der Waals surface area contributed by atoms with E-state index in [1.165, 1.54) is 14.2 Å². The number of carboxylic acid groups (broad SMARTS) is 1. The third-order valence-corrected chi connectivity index (χ3v) is 1.06. The van der Waals surface area contributed by atoms with Crippen LogP contribution in [0.4, 0.5) is 0 Å². The van der Waals surface area contributed by atoms with Gasteiger partial charge in [0, 0.05) is 7.05 Å². The summed E-state index contributed by atoms with van der Waals surface area (Å²) in [6.45, 7) is 0. The van der Waals surface area contributed by atoms with Crippen LogP contribution in [0.5, 0.6) is 0 Å². The van der Waals surface area contributed by atoms with Crippen molar-refractivity contribution >= 4 is 17.7 Å². The minimum Gasteiger partial charge on any atom is -0.477 e. The first-order valence-corrected chi connectivity index (χ1v) is 2.87. The summed E-state index contributed by atoms with van der Waals surface area (Å²) >= 11 is 0. The highest BCUT2D eigenvalue weighted by molar-refractivity contribution is 6.38. The number of rotatable bonds is 3. The van der Waals surface area contributed by atoms with Crippen molar-refractivity contribution in [3.8, 4) is 0 Å². The summed E-state index contributed by atoms with van der Waals surface area (Å²) in [5.41, 5.74) is -0.197. The Balaban J connectivity index is 4.12. The lowest BCUT2D eigenvalue weighted by atomic mass is 10.3. The lowest BCUT2D eigenvalue weighted by Crippen LogP contribution is -2.18. The molecule has 0 rings (SSSR count). The van der Waals surface area contributed by atoms with Crippen molar-refractivity contribution in [2.75, 3.05) is 14.2 Å². The second kappa shape index (κ2) is 4.43. The Morgan fingerprint density at radius 3 is 2.36 bits per heavy atom. The Kier molecular flexibility index (Phi) is 3.87. The van der Waals surface area contributed by atoms with Crippen molar-refractivity contribution in [1.82, 2.24) is 0 Å². The zero-order valence-electron chi connectivity index (χ0n) is 6.33. The van der Waals surface area contributed by atoms with Crippen molar-refractivity contribution < 1.29 is 19.4 Å². The number of esters is 1. The van der Waals surface area contributed by atoms with Crippen molar-refractivity contribution in [2.24, 2.45) is 4.99 Å². The molecule has 0 unspecified atom stereocenters. The number of methoxy groups -OCH3 is 1. The van der Waals surface area contributed by atoms with E-state index in [0.717, 1.165) is 0 Å². The minimum absolute atomic E-state index is 0.197. The third-order valence-electron chi connectivity index (χ3n) is 1.06. The number of hydrogen-bond acceptors (Lipinski definition) is 4. The standard InChI is InChI=1S/C6H9NO4/c1-7-4(6(9)10)3-5(8)11-2/h3H2,1-2H3,(H,9,10). The molecule has 0 atom stereocenters. The number of carboxylic acids is 1. The molecular formula is C6H9NO4. The molecule has 0 saturated heterocycles. The Morgan fingerprint density at radius 2 is 2.09 bits per heavy atom. The quantitative estimate of drug-likeness (QED) is 0.453. The molecule has 0 amide bonds. The molecule has 0 aliphatic heterocycles. The van der Waals surface area contributed by atoms with Crippen LogP contribution in [0.1, 0.15) is 6.42 Å². The number of aliphatic imine (C=N–C) groups is 1. The average Bonchev–Trinajstić information content (AvgIpc) is 1.99. The summed E-state index contributed by atoms with van der Waals surface area (Å²) in [6, 6.07) is 0. The van der Waals surface area contributed by atoms with Crippen LogP contribution < -0.4 is 0 Å². The number of carbonyl (C=O) groups is 2. The van der Waals surface area contributed by atoms with Crippen molar-refractivity contribution in [1.29, 1.82) is 0 Å². The van der Waals surface area contributed by atoms with E-state index in [-0.39, 0.29) is 12.1 Å². The van der Waals surface area contributed by atoms with Gasteiger partial charge in [-0.3, -0.25) is 9.79 Å². The molecule has 0 aromatic heterocycles. The number of carbonyl (C=O) groups excluding carboxylic acids is 1. The minimum atomic E-state index is -1.20. The van der Waals surface area contributed by atoms with E-state index in [2.05, 4.69) is 9.73 Å². The topological polar surface area (TPSA) is 76.0 Å². The van der Waals surface area contributed by atoms with E-state index in [4.69, 9.17) is 5.11 Å². The molecule has 11 heavy (non-hydrogen) atoms. The number of ether oxygens (including phenoxy) is 1. The molecule has 1 N–H and O–H groups in total. The number of nitrogens with zero attached hydrogens (tertiary/aromatic N) is 1. The fraction of sp³-hybridized carbons (Fsp3) is 0.500. The molecule has 0 aromatic rings. The summed E-state index contributed by atoms with van der Waals surface area (Å²) in [7, 11) is 2.50. The Labute approximate surface area is 63.7 Å². The van der Waals surface area contributed by atoms with Crippen LogP contribution in [0.25, 0.3) is 0 Å². The summed E-state index contributed by atoms with van der Waals surface area (Å²) in [5.74, 6) is -1.80. The number of hydrogen-bond donors (Lipinski definition) is 1. The van der Waals surface area contributed by atoms with E-state index >= 15 is 0 Å². The van der Waals surface area contributed by atoms with Gasteiger partial charge in [0.15, 0.2) is 0 Å². The van der Waals surface area contributed by atoms with Crippen molar-refractivity contribution in [2.45, 2.75) is 6.42 Å². The summed E-state index contributed by atoms with van der Waals surface area (Å²) in [5, 5.41) is 8.38. The van der Waals surface area contributed by atoms with E-state index in [9.17, 15) is 9.59 Å². The first kappa shape index (κ1) is 9.61. The molecule has 0 aliphatic rings. The lowest BCUT2D eigenvalue weighted by Gasteiger charge is -1.97. The molecule has 0 heterocycles. The first-order valence-electron chi connectivity index (χ1n) is 2.87. The van der Waals surface area contributed by atoms with Gasteiger partial charge >= 0.3 is 11.9 Å². The van der Waals surface area contributed by atoms with Gasteiger partial charge in [-0.15, -0.1) is 0 Å². The largest absolute Gasteiger partial charge is 0.477 e. The van der Waals surface area contributed by atoms with Crippen LogP contribution in [0.2, 0.25) is 0 Å². The molecule has 0 fully saturated rings.